The van der Waals surface area contributed by atoms with Gasteiger partial charge in [0, 0.05) is 0 Å². The van der Waals surface area contributed by atoms with Gasteiger partial charge in [-0.15, -0.1) is 0 Å². The Bertz CT molecular complexity index is 601. The summed E-state index contributed by atoms with van der Waals surface area (Å²) in [5, 5.41) is 0. The normalized spacial score (nSPS) is 24.7. The van der Waals surface area contributed by atoms with E-state index in [1.54, 1.807) is 6.08 Å². The lowest BCUT2D eigenvalue weighted by Gasteiger charge is -2.36. The number of Topliss-reactive ketones (excluding diaryl/α,β-unsaturated/α-hetero) is 1. The molecule has 0 aliphatic heterocycles. The molecule has 1 fully saturated rings. The molecule has 0 aromatic heterocycles. The molecule has 0 bridgehead atoms. The molecule has 0 saturated heterocycles. The van der Waals surface area contributed by atoms with E-state index in [4.69, 9.17) is 4.74 Å². The first-order valence-corrected chi connectivity index (χ1v) is 8.87. The molecule has 0 N–H and O–H groups in total. The summed E-state index contributed by atoms with van der Waals surface area (Å²) >= 11 is 0. The lowest BCUT2D eigenvalue weighted by molar-refractivity contribution is -0.151. The maximum absolute atomic E-state index is 12.6. The lowest BCUT2D eigenvalue weighted by Crippen LogP contribution is -2.36. The van der Waals surface area contributed by atoms with Crippen molar-refractivity contribution in [2.24, 2.45) is 17.8 Å². The predicted molar refractivity (Wildman–Crippen MR) is 96.3 cm³/mol. The fourth-order valence-electron chi connectivity index (χ4n) is 3.47. The molecule has 3 atom stereocenters. The number of hydrogen-bond donors (Lipinski definition) is 0. The third-order valence-corrected chi connectivity index (χ3v) is 4.93. The number of carbonyl (C=O) groups is 2. The number of ketones is 1. The van der Waals surface area contributed by atoms with E-state index in [0.29, 0.717) is 17.8 Å². The van der Waals surface area contributed by atoms with Gasteiger partial charge in [-0.05, 0) is 49.2 Å². The van der Waals surface area contributed by atoms with Crippen LogP contribution in [0.25, 0.3) is 6.08 Å². The molecule has 1 aliphatic carbocycles. The van der Waals surface area contributed by atoms with Crippen LogP contribution in [-0.2, 0) is 14.3 Å². The van der Waals surface area contributed by atoms with Crippen LogP contribution in [0.2, 0.25) is 0 Å². The Balaban J connectivity index is 2.18. The summed E-state index contributed by atoms with van der Waals surface area (Å²) < 4.78 is 5.80. The van der Waals surface area contributed by atoms with Crippen LogP contribution >= 0.6 is 0 Å². The summed E-state index contributed by atoms with van der Waals surface area (Å²) in [6, 6.07) is 9.41. The predicted octanol–water partition coefficient (Wildman–Crippen LogP) is 4.66. The Labute approximate surface area is 145 Å². The summed E-state index contributed by atoms with van der Waals surface area (Å²) in [6.07, 6.45) is 4.66. The smallest absolute Gasteiger partial charge is 0.342 e. The summed E-state index contributed by atoms with van der Waals surface area (Å²) in [7, 11) is 0. The number of esters is 1. The molecule has 0 amide bonds. The quantitative estimate of drug-likeness (QED) is 0.342. The SMILES string of the molecule is CC(=O)C(=Cc1ccccc1)C(=O)O[C@H]1C[C@H](C)CC[C@H]1C(C)C. The highest BCUT2D eigenvalue weighted by atomic mass is 16.5. The van der Waals surface area contributed by atoms with Crippen LogP contribution in [0.1, 0.15) is 52.5 Å². The van der Waals surface area contributed by atoms with Crippen LogP contribution in [0.4, 0.5) is 0 Å². The molecular weight excluding hydrogens is 300 g/mol. The summed E-state index contributed by atoms with van der Waals surface area (Å²) in [4.78, 5) is 24.6. The van der Waals surface area contributed by atoms with Gasteiger partial charge in [-0.3, -0.25) is 4.79 Å². The van der Waals surface area contributed by atoms with Gasteiger partial charge < -0.3 is 4.74 Å². The molecule has 2 rings (SSSR count). The standard InChI is InChI=1S/C21H28O3/c1-14(2)18-11-10-15(3)12-20(18)24-21(23)19(16(4)22)13-17-8-6-5-7-9-17/h5-9,13-15,18,20H,10-12H2,1-4H3/t15-,18+,20+/m1/s1. The van der Waals surface area contributed by atoms with Crippen LogP contribution in [-0.4, -0.2) is 17.9 Å². The van der Waals surface area contributed by atoms with Crippen molar-refractivity contribution in [3.05, 3.63) is 41.5 Å². The fraction of sp³-hybridized carbons (Fsp3) is 0.524. The van der Waals surface area contributed by atoms with Gasteiger partial charge in [0.1, 0.15) is 11.7 Å². The monoisotopic (exact) mass is 328 g/mol. The summed E-state index contributed by atoms with van der Waals surface area (Å²) in [6.45, 7) is 7.96. The van der Waals surface area contributed by atoms with E-state index in [1.165, 1.54) is 13.3 Å². The first-order chi connectivity index (χ1) is 11.4. The molecule has 1 saturated carbocycles. The Morgan fingerprint density at radius 1 is 1.17 bits per heavy atom. The van der Waals surface area contributed by atoms with E-state index in [1.807, 2.05) is 30.3 Å². The number of carbonyl (C=O) groups excluding carboxylic acids is 2. The highest BCUT2D eigenvalue weighted by Crippen LogP contribution is 2.35. The Hall–Kier alpha value is -1.90. The van der Waals surface area contributed by atoms with Crippen molar-refractivity contribution < 1.29 is 14.3 Å². The summed E-state index contributed by atoms with van der Waals surface area (Å²) in [5.41, 5.74) is 0.957. The van der Waals surface area contributed by atoms with Gasteiger partial charge in [-0.1, -0.05) is 57.5 Å². The first-order valence-electron chi connectivity index (χ1n) is 8.87. The van der Waals surface area contributed by atoms with Crippen LogP contribution < -0.4 is 0 Å². The van der Waals surface area contributed by atoms with E-state index in [2.05, 4.69) is 20.8 Å². The van der Waals surface area contributed by atoms with Gasteiger partial charge in [0.15, 0.2) is 5.78 Å². The number of hydrogen-bond acceptors (Lipinski definition) is 3. The Morgan fingerprint density at radius 2 is 1.83 bits per heavy atom. The average Bonchev–Trinajstić information content (AvgIpc) is 2.53. The van der Waals surface area contributed by atoms with Crippen molar-refractivity contribution >= 4 is 17.8 Å². The zero-order valence-electron chi connectivity index (χ0n) is 15.1. The largest absolute Gasteiger partial charge is 0.458 e. The second-order valence-electron chi connectivity index (χ2n) is 7.29. The van der Waals surface area contributed by atoms with Crippen molar-refractivity contribution in [2.75, 3.05) is 0 Å². The molecule has 3 nitrogen and oxygen atoms in total. The minimum Gasteiger partial charge on any atom is -0.458 e. The number of benzene rings is 1. The van der Waals surface area contributed by atoms with Crippen LogP contribution in [0.3, 0.4) is 0 Å². The molecule has 1 aliphatic rings. The molecule has 0 radical (unpaired) electrons. The van der Waals surface area contributed by atoms with Crippen molar-refractivity contribution in [1.29, 1.82) is 0 Å². The van der Waals surface area contributed by atoms with E-state index >= 15 is 0 Å². The topological polar surface area (TPSA) is 43.4 Å². The van der Waals surface area contributed by atoms with Crippen molar-refractivity contribution in [1.82, 2.24) is 0 Å². The average molecular weight is 328 g/mol. The molecule has 0 spiro atoms. The van der Waals surface area contributed by atoms with Gasteiger partial charge in [0.25, 0.3) is 0 Å². The zero-order chi connectivity index (χ0) is 17.7. The second-order valence-corrected chi connectivity index (χ2v) is 7.29. The summed E-state index contributed by atoms with van der Waals surface area (Å²) in [5.74, 6) is 0.644. The molecule has 3 heteroatoms. The van der Waals surface area contributed by atoms with Crippen molar-refractivity contribution in [2.45, 2.75) is 53.1 Å². The lowest BCUT2D eigenvalue weighted by atomic mass is 9.75. The van der Waals surface area contributed by atoms with Gasteiger partial charge in [-0.25, -0.2) is 4.79 Å². The molecule has 1 aromatic carbocycles. The van der Waals surface area contributed by atoms with Crippen molar-refractivity contribution in [3.8, 4) is 0 Å². The molecule has 0 heterocycles. The molecule has 24 heavy (non-hydrogen) atoms. The molecular formula is C21H28O3. The third-order valence-electron chi connectivity index (χ3n) is 4.93. The molecule has 130 valence electrons. The van der Waals surface area contributed by atoms with Gasteiger partial charge in [-0.2, -0.15) is 0 Å². The molecule has 0 unspecified atom stereocenters. The van der Waals surface area contributed by atoms with Crippen LogP contribution in [0, 0.1) is 17.8 Å². The highest BCUT2D eigenvalue weighted by molar-refractivity contribution is 6.19. The fourth-order valence-corrected chi connectivity index (χ4v) is 3.47. The Kier molecular flexibility index (Phi) is 6.36. The van der Waals surface area contributed by atoms with Gasteiger partial charge in [0.2, 0.25) is 0 Å². The maximum Gasteiger partial charge on any atom is 0.342 e. The van der Waals surface area contributed by atoms with E-state index in [0.717, 1.165) is 18.4 Å². The van der Waals surface area contributed by atoms with Crippen molar-refractivity contribution in [3.63, 3.8) is 0 Å². The minimum absolute atomic E-state index is 0.0974. The van der Waals surface area contributed by atoms with Gasteiger partial charge >= 0.3 is 5.97 Å². The molecule has 1 aromatic rings. The van der Waals surface area contributed by atoms with Gasteiger partial charge in [0.05, 0.1) is 0 Å². The third kappa shape index (κ3) is 4.80. The first kappa shape index (κ1) is 18.4. The number of rotatable bonds is 5. The van der Waals surface area contributed by atoms with E-state index in [-0.39, 0.29) is 17.5 Å². The highest BCUT2D eigenvalue weighted by Gasteiger charge is 2.34. The second kappa shape index (κ2) is 8.27. The van der Waals surface area contributed by atoms with Crippen LogP contribution in [0.15, 0.2) is 35.9 Å². The van der Waals surface area contributed by atoms with E-state index < -0.39 is 5.97 Å². The maximum atomic E-state index is 12.6. The zero-order valence-corrected chi connectivity index (χ0v) is 15.1. The Morgan fingerprint density at radius 3 is 2.42 bits per heavy atom. The minimum atomic E-state index is -0.490. The van der Waals surface area contributed by atoms with E-state index in [9.17, 15) is 9.59 Å². The van der Waals surface area contributed by atoms with Crippen LogP contribution in [0.5, 0.6) is 0 Å². The number of ether oxygens (including phenoxy) is 1.